The highest BCUT2D eigenvalue weighted by atomic mass is 35.7. The second-order valence-electron chi connectivity index (χ2n) is 4.03. The summed E-state index contributed by atoms with van der Waals surface area (Å²) in [6, 6.07) is 7.70. The van der Waals surface area contributed by atoms with E-state index in [4.69, 9.17) is 15.4 Å². The minimum absolute atomic E-state index is 0.415. The molecule has 1 heterocycles. The number of piperazine rings is 1. The Balaban J connectivity index is 2.01. The topological polar surface area (TPSA) is 49.9 Å². The lowest BCUT2D eigenvalue weighted by molar-refractivity contribution is 0.393. The lowest BCUT2D eigenvalue weighted by atomic mass is 10.2. The standard InChI is InChI=1S/C11H15ClN2O3S/c1-17-11-4-2-10(3-5-11)13-6-8-14(9-7-13)18(12,15)16/h2-5H,6-9H2,1H3. The summed E-state index contributed by atoms with van der Waals surface area (Å²) in [4.78, 5) is 2.12. The zero-order valence-corrected chi connectivity index (χ0v) is 11.6. The lowest BCUT2D eigenvalue weighted by Gasteiger charge is -2.34. The number of ether oxygens (including phenoxy) is 1. The van der Waals surface area contributed by atoms with Crippen LogP contribution in [0.15, 0.2) is 24.3 Å². The van der Waals surface area contributed by atoms with Crippen LogP contribution in [0.3, 0.4) is 0 Å². The van der Waals surface area contributed by atoms with E-state index in [1.54, 1.807) is 7.11 Å². The number of benzene rings is 1. The molecule has 18 heavy (non-hydrogen) atoms. The van der Waals surface area contributed by atoms with Gasteiger partial charge in [0.15, 0.2) is 0 Å². The van der Waals surface area contributed by atoms with Gasteiger partial charge in [0.2, 0.25) is 0 Å². The van der Waals surface area contributed by atoms with Gasteiger partial charge < -0.3 is 9.64 Å². The molecule has 1 aliphatic rings. The molecule has 0 N–H and O–H groups in total. The van der Waals surface area contributed by atoms with Crippen LogP contribution in [0.5, 0.6) is 5.75 Å². The Morgan fingerprint density at radius 2 is 1.67 bits per heavy atom. The highest BCUT2D eigenvalue weighted by molar-refractivity contribution is 8.11. The van der Waals surface area contributed by atoms with Crippen LogP contribution in [0.4, 0.5) is 5.69 Å². The van der Waals surface area contributed by atoms with Gasteiger partial charge in [-0.3, -0.25) is 0 Å². The minimum atomic E-state index is -3.58. The molecule has 0 aromatic heterocycles. The highest BCUT2D eigenvalue weighted by Gasteiger charge is 2.24. The number of hydrogen-bond donors (Lipinski definition) is 0. The van der Waals surface area contributed by atoms with Gasteiger partial charge in [-0.25, -0.2) is 0 Å². The Bertz CT molecular complexity index is 496. The maximum absolute atomic E-state index is 11.2. The molecule has 1 aromatic carbocycles. The fourth-order valence-corrected chi connectivity index (χ4v) is 2.97. The van der Waals surface area contributed by atoms with E-state index in [0.29, 0.717) is 26.2 Å². The monoisotopic (exact) mass is 290 g/mol. The van der Waals surface area contributed by atoms with Gasteiger partial charge in [0.05, 0.1) is 7.11 Å². The highest BCUT2D eigenvalue weighted by Crippen LogP contribution is 2.21. The molecule has 5 nitrogen and oxygen atoms in total. The zero-order chi connectivity index (χ0) is 13.2. The summed E-state index contributed by atoms with van der Waals surface area (Å²) in [7, 11) is 3.35. The van der Waals surface area contributed by atoms with Crippen molar-refractivity contribution >= 4 is 25.6 Å². The number of halogens is 1. The van der Waals surface area contributed by atoms with E-state index >= 15 is 0 Å². The van der Waals surface area contributed by atoms with Gasteiger partial charge in [-0.15, -0.1) is 0 Å². The SMILES string of the molecule is COc1ccc(N2CCN(S(=O)(=O)Cl)CC2)cc1. The number of rotatable bonds is 3. The van der Waals surface area contributed by atoms with Gasteiger partial charge in [-0.1, -0.05) is 0 Å². The second kappa shape index (κ2) is 5.34. The number of anilines is 1. The van der Waals surface area contributed by atoms with Gasteiger partial charge in [0, 0.05) is 42.5 Å². The predicted octanol–water partition coefficient (Wildman–Crippen LogP) is 1.30. The van der Waals surface area contributed by atoms with Gasteiger partial charge >= 0.3 is 0 Å². The second-order valence-corrected chi connectivity index (χ2v) is 6.54. The van der Waals surface area contributed by atoms with Gasteiger partial charge in [0.1, 0.15) is 5.75 Å². The zero-order valence-electron chi connectivity index (χ0n) is 10.0. The van der Waals surface area contributed by atoms with Crippen molar-refractivity contribution in [2.75, 3.05) is 38.2 Å². The van der Waals surface area contributed by atoms with Crippen LogP contribution in [0, 0.1) is 0 Å². The van der Waals surface area contributed by atoms with Crippen LogP contribution in [-0.4, -0.2) is 46.0 Å². The van der Waals surface area contributed by atoms with Crippen LogP contribution in [0.2, 0.25) is 0 Å². The van der Waals surface area contributed by atoms with E-state index < -0.39 is 9.24 Å². The van der Waals surface area contributed by atoms with Gasteiger partial charge in [-0.2, -0.15) is 12.7 Å². The summed E-state index contributed by atoms with van der Waals surface area (Å²) in [5, 5.41) is 0. The maximum Gasteiger partial charge on any atom is 0.299 e. The quantitative estimate of drug-likeness (QED) is 0.788. The Labute approximate surface area is 111 Å². The van der Waals surface area contributed by atoms with Crippen molar-refractivity contribution in [3.63, 3.8) is 0 Å². The van der Waals surface area contributed by atoms with Crippen molar-refractivity contribution < 1.29 is 13.2 Å². The average Bonchev–Trinajstić information content (AvgIpc) is 2.38. The maximum atomic E-state index is 11.2. The van der Waals surface area contributed by atoms with Crippen molar-refractivity contribution in [1.82, 2.24) is 4.31 Å². The van der Waals surface area contributed by atoms with Crippen LogP contribution < -0.4 is 9.64 Å². The van der Waals surface area contributed by atoms with Gasteiger partial charge in [-0.05, 0) is 24.3 Å². The van der Waals surface area contributed by atoms with E-state index in [9.17, 15) is 8.42 Å². The van der Waals surface area contributed by atoms with E-state index in [1.807, 2.05) is 24.3 Å². The average molecular weight is 291 g/mol. The third kappa shape index (κ3) is 3.07. The van der Waals surface area contributed by atoms with Crippen molar-refractivity contribution in [3.8, 4) is 5.75 Å². The minimum Gasteiger partial charge on any atom is -0.497 e. The molecule has 1 fully saturated rings. The molecule has 0 bridgehead atoms. The Morgan fingerprint density at radius 1 is 1.11 bits per heavy atom. The van der Waals surface area contributed by atoms with Crippen LogP contribution >= 0.6 is 10.7 Å². The molecule has 7 heteroatoms. The number of methoxy groups -OCH3 is 1. The smallest absolute Gasteiger partial charge is 0.299 e. The summed E-state index contributed by atoms with van der Waals surface area (Å²) in [6.45, 7) is 2.10. The first kappa shape index (κ1) is 13.5. The molecule has 100 valence electrons. The van der Waals surface area contributed by atoms with Gasteiger partial charge in [0.25, 0.3) is 9.24 Å². The molecular formula is C11H15ClN2O3S. The molecule has 0 unspecified atom stereocenters. The summed E-state index contributed by atoms with van der Waals surface area (Å²) in [5.41, 5.74) is 1.06. The third-order valence-electron chi connectivity index (χ3n) is 2.98. The van der Waals surface area contributed by atoms with E-state index in [1.165, 1.54) is 4.31 Å². The Morgan fingerprint density at radius 3 is 2.11 bits per heavy atom. The van der Waals surface area contributed by atoms with Crippen LogP contribution in [-0.2, 0) is 9.24 Å². The van der Waals surface area contributed by atoms with E-state index in [2.05, 4.69) is 4.90 Å². The van der Waals surface area contributed by atoms with E-state index in [0.717, 1.165) is 11.4 Å². The van der Waals surface area contributed by atoms with Crippen LogP contribution in [0.25, 0.3) is 0 Å². The molecule has 0 saturated carbocycles. The van der Waals surface area contributed by atoms with Crippen molar-refractivity contribution in [1.29, 1.82) is 0 Å². The molecular weight excluding hydrogens is 276 g/mol. The molecule has 0 amide bonds. The molecule has 1 aliphatic heterocycles. The largest absolute Gasteiger partial charge is 0.497 e. The Kier molecular flexibility index (Phi) is 3.99. The molecule has 0 atom stereocenters. The number of nitrogens with zero attached hydrogens (tertiary/aromatic N) is 2. The molecule has 0 radical (unpaired) electrons. The number of hydrogen-bond acceptors (Lipinski definition) is 4. The molecule has 2 rings (SSSR count). The molecule has 0 aliphatic carbocycles. The predicted molar refractivity (Wildman–Crippen MR) is 71.6 cm³/mol. The first-order chi connectivity index (χ1) is 8.50. The molecule has 0 spiro atoms. The summed E-state index contributed by atoms with van der Waals surface area (Å²) >= 11 is 0. The first-order valence-electron chi connectivity index (χ1n) is 5.59. The normalized spacial score (nSPS) is 17.8. The summed E-state index contributed by atoms with van der Waals surface area (Å²) in [6.07, 6.45) is 0. The van der Waals surface area contributed by atoms with Crippen molar-refractivity contribution in [2.45, 2.75) is 0 Å². The first-order valence-corrected chi connectivity index (χ1v) is 7.86. The van der Waals surface area contributed by atoms with Crippen molar-refractivity contribution in [3.05, 3.63) is 24.3 Å². The Hall–Kier alpha value is -0.980. The van der Waals surface area contributed by atoms with Crippen molar-refractivity contribution in [2.24, 2.45) is 0 Å². The summed E-state index contributed by atoms with van der Waals surface area (Å²) < 4.78 is 28.7. The van der Waals surface area contributed by atoms with Crippen LogP contribution in [0.1, 0.15) is 0 Å². The lowest BCUT2D eigenvalue weighted by Crippen LogP contribution is -2.47. The summed E-state index contributed by atoms with van der Waals surface area (Å²) in [5.74, 6) is 0.806. The molecule has 1 saturated heterocycles. The fourth-order valence-electron chi connectivity index (χ4n) is 1.96. The third-order valence-corrected chi connectivity index (χ3v) is 4.55. The fraction of sp³-hybridized carbons (Fsp3) is 0.455. The molecule has 1 aromatic rings. The van der Waals surface area contributed by atoms with E-state index in [-0.39, 0.29) is 0 Å².